The van der Waals surface area contributed by atoms with Crippen molar-refractivity contribution in [2.45, 2.75) is 0 Å². The van der Waals surface area contributed by atoms with Crippen LogP contribution >= 0.6 is 0 Å². The molecule has 702 valence electrons. The first-order valence-corrected chi connectivity index (χ1v) is 51.6. The number of para-hydroxylation sites is 7. The van der Waals surface area contributed by atoms with Gasteiger partial charge in [-0.15, -0.1) is 0 Å². The van der Waals surface area contributed by atoms with E-state index in [1.807, 2.05) is 0 Å². The Kier molecular flexibility index (Phi) is 21.9. The van der Waals surface area contributed by atoms with Crippen molar-refractivity contribution in [2.75, 3.05) is 0 Å². The van der Waals surface area contributed by atoms with Gasteiger partial charge in [-0.25, -0.2) is 0 Å². The normalized spacial score (nSPS) is 11.6. The summed E-state index contributed by atoms with van der Waals surface area (Å²) in [5, 5.41) is 15.1. The molecular formula is C144H96N6. The molecule has 6 heterocycles. The number of fused-ring (bicyclic) bond motifs is 18. The van der Waals surface area contributed by atoms with Gasteiger partial charge in [0.15, 0.2) is 0 Å². The van der Waals surface area contributed by atoms with Crippen LogP contribution in [0.15, 0.2) is 582 Å². The second-order valence-corrected chi connectivity index (χ2v) is 39.0. The Morgan fingerprint density at radius 3 is 0.707 bits per heavy atom. The lowest BCUT2D eigenvalue weighted by atomic mass is 9.99. The molecule has 6 nitrogen and oxygen atoms in total. The van der Waals surface area contributed by atoms with Gasteiger partial charge in [-0.2, -0.15) is 0 Å². The van der Waals surface area contributed by atoms with E-state index in [4.69, 9.17) is 0 Å². The number of nitrogens with zero attached hydrogens (tertiary/aromatic N) is 6. The van der Waals surface area contributed by atoms with Crippen LogP contribution in [0.25, 0.3) is 265 Å². The third-order valence-electron chi connectivity index (χ3n) is 30.4. The SMILES string of the molecule is c1ccc(-c2ccc(-c3ccc(-n4c5ccccc5c5cc6c7cc(-c8ccccc8)ccc7n(-c7ccccc7)c6cc54)cc3)cc2)cc1.c1ccc(-c2ccc(-c3cccc(-n4c5ccccc5c5cc6c7cccc(-c8ccccc8)c7n(-c7ccccc7)c6cc54)c3)cc2)cc1.c1ccc(-c2cccc(-c3ccc(-n4c5ccccc5c5cc6c7ccc(-c8ccccc8)cc7n(-c7ccccc7)c6cc54)cc3)c2)cc1. The minimum atomic E-state index is 1.15. The monoisotopic (exact) mass is 1910 g/mol. The van der Waals surface area contributed by atoms with E-state index >= 15 is 0 Å². The molecule has 0 fully saturated rings. The van der Waals surface area contributed by atoms with E-state index in [-0.39, 0.29) is 0 Å². The lowest BCUT2D eigenvalue weighted by Gasteiger charge is -2.13. The third kappa shape index (κ3) is 15.5. The number of aromatic nitrogens is 6. The highest BCUT2D eigenvalue weighted by molar-refractivity contribution is 6.24. The van der Waals surface area contributed by atoms with Gasteiger partial charge in [0, 0.05) is 104 Å². The average Bonchev–Trinajstić information content (AvgIpc) is 1.56. The first-order chi connectivity index (χ1) is 74.4. The maximum atomic E-state index is 2.46. The van der Waals surface area contributed by atoms with Crippen molar-refractivity contribution in [2.24, 2.45) is 0 Å². The van der Waals surface area contributed by atoms with E-state index < -0.39 is 0 Å². The molecule has 30 rings (SSSR count). The number of rotatable bonds is 15. The van der Waals surface area contributed by atoms with Crippen molar-refractivity contribution in [3.63, 3.8) is 0 Å². The minimum absolute atomic E-state index is 1.15. The van der Waals surface area contributed by atoms with E-state index in [1.54, 1.807) is 0 Å². The molecule has 24 aromatic carbocycles. The molecule has 0 saturated carbocycles. The second kappa shape index (κ2) is 37.4. The summed E-state index contributed by atoms with van der Waals surface area (Å²) in [6.45, 7) is 0. The molecule has 0 aliphatic carbocycles. The Morgan fingerprint density at radius 2 is 0.300 bits per heavy atom. The maximum Gasteiger partial charge on any atom is 0.0619 e. The molecule has 0 aliphatic rings. The summed E-state index contributed by atoms with van der Waals surface area (Å²) >= 11 is 0. The van der Waals surface area contributed by atoms with E-state index in [0.717, 1.165) is 34.1 Å². The van der Waals surface area contributed by atoms with Crippen LogP contribution in [-0.4, -0.2) is 27.4 Å². The second-order valence-electron chi connectivity index (χ2n) is 39.0. The van der Waals surface area contributed by atoms with Crippen LogP contribution < -0.4 is 0 Å². The summed E-state index contributed by atoms with van der Waals surface area (Å²) in [6, 6.07) is 211. The molecule has 0 atom stereocenters. The summed E-state index contributed by atoms with van der Waals surface area (Å²) in [6.07, 6.45) is 0. The number of hydrogen-bond donors (Lipinski definition) is 0. The lowest BCUT2D eigenvalue weighted by Crippen LogP contribution is -1.97. The number of hydrogen-bond acceptors (Lipinski definition) is 0. The predicted octanol–water partition coefficient (Wildman–Crippen LogP) is 38.6. The van der Waals surface area contributed by atoms with E-state index in [9.17, 15) is 0 Å². The fourth-order valence-corrected chi connectivity index (χ4v) is 23.3. The molecule has 0 aliphatic heterocycles. The lowest BCUT2D eigenvalue weighted by molar-refractivity contribution is 1.16. The molecule has 6 aromatic heterocycles. The fourth-order valence-electron chi connectivity index (χ4n) is 23.3. The van der Waals surface area contributed by atoms with Crippen molar-refractivity contribution >= 4 is 131 Å². The molecule has 30 aromatic rings. The molecule has 0 spiro atoms. The van der Waals surface area contributed by atoms with Gasteiger partial charge in [0.2, 0.25) is 0 Å². The molecule has 0 saturated heterocycles. The molecule has 150 heavy (non-hydrogen) atoms. The smallest absolute Gasteiger partial charge is 0.0619 e. The zero-order valence-electron chi connectivity index (χ0n) is 82.1. The van der Waals surface area contributed by atoms with Gasteiger partial charge in [-0.05, 0) is 246 Å². The molecule has 0 amide bonds. The zero-order chi connectivity index (χ0) is 99.1. The summed E-state index contributed by atoms with van der Waals surface area (Å²) < 4.78 is 14.6. The standard InChI is InChI=1S/3C48H32N2/c1-4-14-33(15-5-1)34-26-28-35(29-27-34)37-18-12-21-39(30-37)49-45-25-11-10-22-41(45)43-31-44-42-24-13-23-40(36-16-6-2-7-17-36)48(42)50(47(44)32-46(43)49)38-19-8-3-9-20-38;1-4-13-33(14-5-1)36-17-12-18-37(29-36)35-23-26-40(27-24-35)49-45-22-11-10-21-41(45)43-31-44-42-28-25-38(34-15-6-2-7-16-34)30-46(42)50(48(44)32-47(43)49)39-19-8-3-9-20-39;1-4-12-33(13-5-1)35-20-22-36(23-21-35)37-24-27-40(28-25-37)50-45-19-11-10-18-41(45)43-31-44-42-30-38(34-14-6-2-7-15-34)26-29-46(42)49(48(44)32-47(43)50)39-16-8-3-9-17-39/h3*1-32H. The molecule has 0 N–H and O–H groups in total. The van der Waals surface area contributed by atoms with Gasteiger partial charge in [-0.1, -0.05) is 431 Å². The topological polar surface area (TPSA) is 29.6 Å². The van der Waals surface area contributed by atoms with Gasteiger partial charge in [0.05, 0.1) is 66.2 Å². The zero-order valence-corrected chi connectivity index (χ0v) is 82.1. The first-order valence-electron chi connectivity index (χ1n) is 51.6. The highest BCUT2D eigenvalue weighted by Crippen LogP contribution is 2.48. The van der Waals surface area contributed by atoms with Gasteiger partial charge in [0.1, 0.15) is 0 Å². The molecular weight excluding hydrogens is 1810 g/mol. The minimum Gasteiger partial charge on any atom is -0.309 e. The van der Waals surface area contributed by atoms with E-state index in [0.29, 0.717) is 0 Å². The summed E-state index contributed by atoms with van der Waals surface area (Å²) in [5.74, 6) is 0. The largest absolute Gasteiger partial charge is 0.309 e. The summed E-state index contributed by atoms with van der Waals surface area (Å²) in [7, 11) is 0. The third-order valence-corrected chi connectivity index (χ3v) is 30.4. The molecule has 0 bridgehead atoms. The van der Waals surface area contributed by atoms with Crippen molar-refractivity contribution in [3.05, 3.63) is 582 Å². The highest BCUT2D eigenvalue weighted by Gasteiger charge is 2.26. The van der Waals surface area contributed by atoms with Crippen LogP contribution in [-0.2, 0) is 0 Å². The van der Waals surface area contributed by atoms with Crippen LogP contribution in [0.2, 0.25) is 0 Å². The van der Waals surface area contributed by atoms with Gasteiger partial charge >= 0.3 is 0 Å². The van der Waals surface area contributed by atoms with E-state index in [1.165, 1.54) is 231 Å². The van der Waals surface area contributed by atoms with E-state index in [2.05, 4.69) is 610 Å². The summed E-state index contributed by atoms with van der Waals surface area (Å²) in [4.78, 5) is 0. The average molecular weight is 1910 g/mol. The Hall–Kier alpha value is -19.9. The van der Waals surface area contributed by atoms with Gasteiger partial charge in [-0.3, -0.25) is 0 Å². The van der Waals surface area contributed by atoms with Crippen molar-refractivity contribution in [1.29, 1.82) is 0 Å². The van der Waals surface area contributed by atoms with Crippen LogP contribution in [0.4, 0.5) is 0 Å². The highest BCUT2D eigenvalue weighted by atomic mass is 15.0. The van der Waals surface area contributed by atoms with Crippen LogP contribution in [0, 0.1) is 0 Å². The first kappa shape index (κ1) is 87.8. The maximum absolute atomic E-state index is 2.46. The van der Waals surface area contributed by atoms with Crippen molar-refractivity contribution in [3.8, 4) is 134 Å². The van der Waals surface area contributed by atoms with Gasteiger partial charge in [0.25, 0.3) is 0 Å². The fraction of sp³-hybridized carbons (Fsp3) is 0. The molecule has 0 unspecified atom stereocenters. The Balaban J connectivity index is 0.000000108. The van der Waals surface area contributed by atoms with Crippen LogP contribution in [0.1, 0.15) is 0 Å². The Labute approximate surface area is 868 Å². The van der Waals surface area contributed by atoms with Crippen LogP contribution in [0.3, 0.4) is 0 Å². The van der Waals surface area contributed by atoms with Crippen molar-refractivity contribution < 1.29 is 0 Å². The van der Waals surface area contributed by atoms with Crippen LogP contribution in [0.5, 0.6) is 0 Å². The molecule has 0 radical (unpaired) electrons. The van der Waals surface area contributed by atoms with Gasteiger partial charge < -0.3 is 27.4 Å². The number of benzene rings is 24. The predicted molar refractivity (Wildman–Crippen MR) is 634 cm³/mol. The molecule has 6 heteroatoms. The quantitative estimate of drug-likeness (QED) is 0.0979. The Bertz CT molecular complexity index is 10300. The Morgan fingerprint density at radius 1 is 0.0867 bits per heavy atom. The van der Waals surface area contributed by atoms with Crippen molar-refractivity contribution in [1.82, 2.24) is 27.4 Å². The summed E-state index contributed by atoms with van der Waals surface area (Å²) in [5.41, 5.74) is 43.2.